The summed E-state index contributed by atoms with van der Waals surface area (Å²) >= 11 is 0. The molecule has 1 amide bonds. The van der Waals surface area contributed by atoms with Crippen LogP contribution in [0.4, 0.5) is 14.5 Å². The van der Waals surface area contributed by atoms with Gasteiger partial charge in [-0.2, -0.15) is 5.10 Å². The minimum Gasteiger partial charge on any atom is -0.478 e. The average Bonchev–Trinajstić information content (AvgIpc) is 3.24. The first-order chi connectivity index (χ1) is 15.5. The Bertz CT molecular complexity index is 1190. The number of amides is 1. The van der Waals surface area contributed by atoms with Gasteiger partial charge in [-0.15, -0.1) is 0 Å². The van der Waals surface area contributed by atoms with Crippen LogP contribution in [0.5, 0.6) is 5.88 Å². The summed E-state index contributed by atoms with van der Waals surface area (Å²) in [5, 5.41) is 4.67. The molecule has 9 nitrogen and oxygen atoms in total. The Morgan fingerprint density at radius 3 is 2.69 bits per heavy atom. The van der Waals surface area contributed by atoms with Crippen LogP contribution in [-0.4, -0.2) is 69.4 Å². The second kappa shape index (κ2) is 8.21. The van der Waals surface area contributed by atoms with Crippen LogP contribution in [0, 0.1) is 0 Å². The number of rotatable bonds is 4. The number of fused-ring (bicyclic) bond motifs is 2. The van der Waals surface area contributed by atoms with Crippen LogP contribution in [0.25, 0.3) is 10.9 Å². The fraction of sp³-hybridized carbons (Fsp3) is 0.429. The third-order valence-corrected chi connectivity index (χ3v) is 5.80. The second-order valence-electron chi connectivity index (χ2n) is 7.87. The van der Waals surface area contributed by atoms with Crippen LogP contribution >= 0.6 is 0 Å². The van der Waals surface area contributed by atoms with Crippen LogP contribution in [-0.2, 0) is 13.1 Å². The van der Waals surface area contributed by atoms with Gasteiger partial charge in [0.25, 0.3) is 17.9 Å². The number of ether oxygens (including phenoxy) is 1. The maximum absolute atomic E-state index is 12.9. The highest BCUT2D eigenvalue weighted by Crippen LogP contribution is 2.23. The summed E-state index contributed by atoms with van der Waals surface area (Å²) in [6.07, 6.45) is -0.585. The molecule has 168 valence electrons. The Hall–Kier alpha value is -3.50. The fourth-order valence-electron chi connectivity index (χ4n) is 4.12. The minimum atomic E-state index is -2.62. The lowest BCUT2D eigenvalue weighted by molar-refractivity contribution is 0.0739. The molecular weight excluding hydrogens is 422 g/mol. The normalized spacial score (nSPS) is 16.3. The molecule has 0 aliphatic carbocycles. The predicted octanol–water partition coefficient (Wildman–Crippen LogP) is 1.60. The molecule has 32 heavy (non-hydrogen) atoms. The highest BCUT2D eigenvalue weighted by atomic mass is 19.3. The van der Waals surface area contributed by atoms with Crippen molar-refractivity contribution in [1.82, 2.24) is 24.2 Å². The summed E-state index contributed by atoms with van der Waals surface area (Å²) in [4.78, 5) is 33.3. The largest absolute Gasteiger partial charge is 0.478 e. The van der Waals surface area contributed by atoms with E-state index >= 15 is 0 Å². The van der Waals surface area contributed by atoms with E-state index in [1.807, 2.05) is 0 Å². The number of alkyl halides is 2. The molecule has 1 aromatic carbocycles. The Morgan fingerprint density at radius 1 is 1.12 bits per heavy atom. The van der Waals surface area contributed by atoms with E-state index < -0.39 is 18.5 Å². The van der Waals surface area contributed by atoms with Crippen molar-refractivity contribution in [3.63, 3.8) is 0 Å². The summed E-state index contributed by atoms with van der Waals surface area (Å²) in [6, 6.07) is 6.89. The zero-order valence-corrected chi connectivity index (χ0v) is 17.3. The molecular formula is C21H22F2N6O3. The quantitative estimate of drug-likeness (QED) is 0.608. The molecule has 0 radical (unpaired) electrons. The molecule has 1 fully saturated rings. The van der Waals surface area contributed by atoms with Crippen LogP contribution in [0.3, 0.4) is 0 Å². The topological polar surface area (TPSA) is 85.5 Å². The summed E-state index contributed by atoms with van der Waals surface area (Å²) in [5.74, 6) is 0.518. The summed E-state index contributed by atoms with van der Waals surface area (Å²) < 4.78 is 33.5. The molecule has 2 aliphatic heterocycles. The van der Waals surface area contributed by atoms with Gasteiger partial charge in [0.1, 0.15) is 0 Å². The third-order valence-electron chi connectivity index (χ3n) is 5.80. The molecule has 1 saturated heterocycles. The maximum Gasteiger partial charge on any atom is 0.274 e. The van der Waals surface area contributed by atoms with E-state index in [1.54, 1.807) is 33.8 Å². The van der Waals surface area contributed by atoms with Crippen molar-refractivity contribution in [3.8, 4) is 5.88 Å². The standard InChI is InChI=1S/C21H22F2N6O3/c22-18(23)12-28-13-24-16-10-14(2-3-15(16)20(28)30)26-5-7-27(8-6-26)21(31)17-11-19-29(25-17)4-1-9-32-19/h2-3,10-11,13,18H,1,4-9,12H2. The molecule has 4 heterocycles. The lowest BCUT2D eigenvalue weighted by Crippen LogP contribution is -2.49. The lowest BCUT2D eigenvalue weighted by atomic mass is 10.2. The number of hydrogen-bond acceptors (Lipinski definition) is 6. The van der Waals surface area contributed by atoms with Crippen molar-refractivity contribution in [2.45, 2.75) is 25.9 Å². The van der Waals surface area contributed by atoms with Crippen molar-refractivity contribution >= 4 is 22.5 Å². The van der Waals surface area contributed by atoms with Gasteiger partial charge in [-0.25, -0.2) is 18.4 Å². The van der Waals surface area contributed by atoms with Gasteiger partial charge < -0.3 is 14.5 Å². The van der Waals surface area contributed by atoms with Gasteiger partial charge in [0.2, 0.25) is 5.88 Å². The van der Waals surface area contributed by atoms with Gasteiger partial charge in [-0.1, -0.05) is 0 Å². The third kappa shape index (κ3) is 3.78. The number of carbonyl (C=O) groups excluding carboxylic acids is 1. The zero-order valence-electron chi connectivity index (χ0n) is 17.3. The molecule has 0 atom stereocenters. The summed E-state index contributed by atoms with van der Waals surface area (Å²) in [5.41, 5.74) is 1.24. The molecule has 0 saturated carbocycles. The Kier molecular flexibility index (Phi) is 5.24. The number of piperazine rings is 1. The van der Waals surface area contributed by atoms with Gasteiger partial charge in [0, 0.05) is 50.9 Å². The van der Waals surface area contributed by atoms with Crippen molar-refractivity contribution in [1.29, 1.82) is 0 Å². The van der Waals surface area contributed by atoms with Gasteiger partial charge >= 0.3 is 0 Å². The number of aromatic nitrogens is 4. The van der Waals surface area contributed by atoms with E-state index in [-0.39, 0.29) is 5.91 Å². The minimum absolute atomic E-state index is 0.116. The lowest BCUT2D eigenvalue weighted by Gasteiger charge is -2.35. The molecule has 2 aliphatic rings. The fourth-order valence-corrected chi connectivity index (χ4v) is 4.12. The molecule has 5 rings (SSSR count). The van der Waals surface area contributed by atoms with E-state index in [0.29, 0.717) is 55.3 Å². The van der Waals surface area contributed by atoms with Crippen LogP contribution in [0.15, 0.2) is 35.4 Å². The van der Waals surface area contributed by atoms with Gasteiger partial charge in [0.05, 0.1) is 30.4 Å². The number of aryl methyl sites for hydroxylation is 1. The number of benzene rings is 1. The number of anilines is 1. The van der Waals surface area contributed by atoms with Gasteiger partial charge in [0.15, 0.2) is 5.69 Å². The van der Waals surface area contributed by atoms with Crippen molar-refractivity contribution in [2.24, 2.45) is 0 Å². The average molecular weight is 444 g/mol. The highest BCUT2D eigenvalue weighted by Gasteiger charge is 2.26. The Morgan fingerprint density at radius 2 is 1.94 bits per heavy atom. The van der Waals surface area contributed by atoms with Crippen molar-refractivity contribution < 1.29 is 18.3 Å². The molecule has 0 bridgehead atoms. The highest BCUT2D eigenvalue weighted by molar-refractivity contribution is 5.93. The number of hydrogen-bond donors (Lipinski definition) is 0. The Balaban J connectivity index is 1.28. The van der Waals surface area contributed by atoms with E-state index in [2.05, 4.69) is 15.0 Å². The molecule has 11 heteroatoms. The van der Waals surface area contributed by atoms with E-state index in [4.69, 9.17) is 4.74 Å². The van der Waals surface area contributed by atoms with Crippen molar-refractivity contribution in [2.75, 3.05) is 37.7 Å². The SMILES string of the molecule is O=C(c1cc2n(n1)CCCO2)N1CCN(c2ccc3c(=O)n(CC(F)F)cnc3c2)CC1. The van der Waals surface area contributed by atoms with E-state index in [9.17, 15) is 18.4 Å². The van der Waals surface area contributed by atoms with E-state index in [0.717, 1.165) is 29.5 Å². The molecule has 0 N–H and O–H groups in total. The van der Waals surface area contributed by atoms with E-state index in [1.165, 1.54) is 0 Å². The summed E-state index contributed by atoms with van der Waals surface area (Å²) in [7, 11) is 0. The first kappa shape index (κ1) is 20.4. The molecule has 3 aromatic rings. The van der Waals surface area contributed by atoms with Crippen LogP contribution in [0.1, 0.15) is 16.9 Å². The molecule has 0 spiro atoms. The van der Waals surface area contributed by atoms with Crippen LogP contribution in [0.2, 0.25) is 0 Å². The number of halogens is 2. The molecule has 0 unspecified atom stereocenters. The second-order valence-corrected chi connectivity index (χ2v) is 7.87. The zero-order chi connectivity index (χ0) is 22.2. The van der Waals surface area contributed by atoms with Crippen LogP contribution < -0.4 is 15.2 Å². The molecule has 2 aromatic heterocycles. The Labute approximate surface area is 181 Å². The maximum atomic E-state index is 12.9. The predicted molar refractivity (Wildman–Crippen MR) is 112 cm³/mol. The first-order valence-electron chi connectivity index (χ1n) is 10.5. The number of carbonyl (C=O) groups is 1. The smallest absolute Gasteiger partial charge is 0.274 e. The first-order valence-corrected chi connectivity index (χ1v) is 10.5. The van der Waals surface area contributed by atoms with Gasteiger partial charge in [-0.3, -0.25) is 14.2 Å². The summed E-state index contributed by atoms with van der Waals surface area (Å²) in [6.45, 7) is 3.00. The van der Waals surface area contributed by atoms with Crippen molar-refractivity contribution in [3.05, 3.63) is 46.6 Å². The van der Waals surface area contributed by atoms with Gasteiger partial charge in [-0.05, 0) is 18.2 Å². The number of nitrogens with zero attached hydrogens (tertiary/aromatic N) is 6. The monoisotopic (exact) mass is 444 g/mol.